The fraction of sp³-hybridized carbons (Fsp3) is 0.320. The predicted molar refractivity (Wildman–Crippen MR) is 122 cm³/mol. The van der Waals surface area contributed by atoms with Crippen molar-refractivity contribution in [3.63, 3.8) is 0 Å². The molecule has 2 aromatic heterocycles. The Bertz CT molecular complexity index is 1160. The number of hydrogen-bond donors (Lipinski definition) is 1. The third-order valence-electron chi connectivity index (χ3n) is 6.54. The van der Waals surface area contributed by atoms with Gasteiger partial charge in [0, 0.05) is 50.5 Å². The average Bonchev–Trinajstić information content (AvgIpc) is 2.86. The van der Waals surface area contributed by atoms with Gasteiger partial charge >= 0.3 is 6.18 Å². The van der Waals surface area contributed by atoms with E-state index in [0.717, 1.165) is 23.1 Å². The maximum absolute atomic E-state index is 13.4. The smallest absolute Gasteiger partial charge is 0.364 e. The highest BCUT2D eigenvalue weighted by molar-refractivity contribution is 5.82. The molecule has 0 radical (unpaired) electrons. The molecule has 6 nitrogen and oxygen atoms in total. The number of nitrogens with zero attached hydrogens (tertiary/aromatic N) is 4. The Hall–Kier alpha value is -3.62. The number of halogens is 3. The van der Waals surface area contributed by atoms with Crippen LogP contribution in [0, 0.1) is 5.92 Å². The van der Waals surface area contributed by atoms with Crippen molar-refractivity contribution < 1.29 is 18.0 Å². The minimum Gasteiger partial charge on any atom is -0.364 e. The van der Waals surface area contributed by atoms with E-state index in [2.05, 4.69) is 25.1 Å². The first kappa shape index (κ1) is 22.2. The van der Waals surface area contributed by atoms with Crippen LogP contribution in [0.5, 0.6) is 0 Å². The topological polar surface area (TPSA) is 61.4 Å². The van der Waals surface area contributed by atoms with Crippen LogP contribution < -0.4 is 15.1 Å². The summed E-state index contributed by atoms with van der Waals surface area (Å²) in [7, 11) is 0. The van der Waals surface area contributed by atoms with Gasteiger partial charge in [-0.05, 0) is 53.9 Å². The maximum Gasteiger partial charge on any atom is 0.416 e. The highest BCUT2D eigenvalue weighted by Gasteiger charge is 2.43. The van der Waals surface area contributed by atoms with Gasteiger partial charge in [-0.2, -0.15) is 13.2 Å². The molecule has 0 unspecified atom stereocenters. The molecule has 2 aliphatic heterocycles. The summed E-state index contributed by atoms with van der Waals surface area (Å²) < 4.78 is 40.1. The van der Waals surface area contributed by atoms with Crippen molar-refractivity contribution in [1.82, 2.24) is 15.3 Å². The first-order valence-corrected chi connectivity index (χ1v) is 11.2. The average molecular weight is 467 g/mol. The molecule has 0 saturated carbocycles. The number of alkyl halides is 3. The van der Waals surface area contributed by atoms with Crippen LogP contribution in [0.1, 0.15) is 16.7 Å². The number of rotatable bonds is 4. The molecule has 1 saturated heterocycles. The van der Waals surface area contributed by atoms with Crippen LogP contribution in [0.2, 0.25) is 0 Å². The van der Waals surface area contributed by atoms with E-state index >= 15 is 0 Å². The molecule has 0 bridgehead atoms. The Labute approximate surface area is 195 Å². The van der Waals surface area contributed by atoms with Crippen LogP contribution >= 0.6 is 0 Å². The Kier molecular flexibility index (Phi) is 5.85. The van der Waals surface area contributed by atoms with Crippen molar-refractivity contribution in [3.8, 4) is 0 Å². The SMILES string of the molecule is O=C(NCc1cccnc1)[C@H]1Cc2cc(C(F)(F)F)ccc2N2CCN(c3ccccn3)C[C@@H]12. The van der Waals surface area contributed by atoms with Gasteiger partial charge in [0.05, 0.1) is 17.5 Å². The summed E-state index contributed by atoms with van der Waals surface area (Å²) in [4.78, 5) is 26.1. The molecule has 2 aliphatic rings. The molecule has 4 heterocycles. The van der Waals surface area contributed by atoms with Gasteiger partial charge in [-0.15, -0.1) is 0 Å². The largest absolute Gasteiger partial charge is 0.416 e. The summed E-state index contributed by atoms with van der Waals surface area (Å²) in [5.41, 5.74) is 1.50. The summed E-state index contributed by atoms with van der Waals surface area (Å²) in [6, 6.07) is 13.0. The summed E-state index contributed by atoms with van der Waals surface area (Å²) in [5, 5.41) is 2.97. The van der Waals surface area contributed by atoms with Gasteiger partial charge < -0.3 is 15.1 Å². The third kappa shape index (κ3) is 4.42. The first-order chi connectivity index (χ1) is 16.4. The van der Waals surface area contributed by atoms with Crippen molar-refractivity contribution >= 4 is 17.4 Å². The number of amides is 1. The van der Waals surface area contributed by atoms with Crippen LogP contribution in [0.25, 0.3) is 0 Å². The minimum absolute atomic E-state index is 0.176. The van der Waals surface area contributed by atoms with Crippen LogP contribution in [-0.2, 0) is 23.9 Å². The van der Waals surface area contributed by atoms with Crippen molar-refractivity contribution in [3.05, 3.63) is 83.8 Å². The monoisotopic (exact) mass is 467 g/mol. The van der Waals surface area contributed by atoms with E-state index < -0.39 is 17.7 Å². The molecule has 1 aromatic carbocycles. The molecule has 5 rings (SSSR count). The first-order valence-electron chi connectivity index (χ1n) is 11.2. The number of benzene rings is 1. The molecule has 2 atom stereocenters. The molecule has 3 aromatic rings. The van der Waals surface area contributed by atoms with Crippen molar-refractivity contribution in [2.75, 3.05) is 29.4 Å². The van der Waals surface area contributed by atoms with Gasteiger partial charge in [0.25, 0.3) is 0 Å². The third-order valence-corrected chi connectivity index (χ3v) is 6.54. The Morgan fingerprint density at radius 1 is 1.09 bits per heavy atom. The van der Waals surface area contributed by atoms with E-state index in [1.165, 1.54) is 6.07 Å². The van der Waals surface area contributed by atoms with E-state index in [0.29, 0.717) is 31.7 Å². The van der Waals surface area contributed by atoms with Gasteiger partial charge in [-0.1, -0.05) is 12.1 Å². The lowest BCUT2D eigenvalue weighted by Gasteiger charge is -2.49. The van der Waals surface area contributed by atoms with Gasteiger partial charge in [0.1, 0.15) is 5.82 Å². The Balaban J connectivity index is 1.44. The number of hydrogen-bond acceptors (Lipinski definition) is 5. The van der Waals surface area contributed by atoms with Gasteiger partial charge in [0.2, 0.25) is 5.91 Å². The van der Waals surface area contributed by atoms with Crippen LogP contribution in [0.15, 0.2) is 67.1 Å². The lowest BCUT2D eigenvalue weighted by atomic mass is 9.82. The molecule has 1 N–H and O–H groups in total. The Morgan fingerprint density at radius 2 is 1.97 bits per heavy atom. The summed E-state index contributed by atoms with van der Waals surface area (Å²) in [6.45, 7) is 2.13. The lowest BCUT2D eigenvalue weighted by molar-refractivity contribution is -0.137. The lowest BCUT2D eigenvalue weighted by Crippen LogP contribution is -2.61. The van der Waals surface area contributed by atoms with Crippen LogP contribution in [0.3, 0.4) is 0 Å². The molecule has 176 valence electrons. The van der Waals surface area contributed by atoms with E-state index in [4.69, 9.17) is 0 Å². The molecule has 1 amide bonds. The van der Waals surface area contributed by atoms with Gasteiger partial charge in [-0.25, -0.2) is 4.98 Å². The molecular formula is C25H24F3N5O. The van der Waals surface area contributed by atoms with E-state index in [-0.39, 0.29) is 18.4 Å². The van der Waals surface area contributed by atoms with E-state index in [1.807, 2.05) is 24.3 Å². The number of pyridine rings is 2. The summed E-state index contributed by atoms with van der Waals surface area (Å²) in [6.07, 6.45) is 0.890. The second kappa shape index (κ2) is 8.96. The van der Waals surface area contributed by atoms with E-state index in [9.17, 15) is 18.0 Å². The second-order valence-electron chi connectivity index (χ2n) is 8.63. The van der Waals surface area contributed by atoms with E-state index in [1.54, 1.807) is 30.7 Å². The van der Waals surface area contributed by atoms with Crippen molar-refractivity contribution in [2.45, 2.75) is 25.2 Å². The van der Waals surface area contributed by atoms with Gasteiger partial charge in [-0.3, -0.25) is 9.78 Å². The molecule has 0 spiro atoms. The van der Waals surface area contributed by atoms with Gasteiger partial charge in [0.15, 0.2) is 0 Å². The zero-order chi connectivity index (χ0) is 23.7. The summed E-state index contributed by atoms with van der Waals surface area (Å²) >= 11 is 0. The zero-order valence-corrected chi connectivity index (χ0v) is 18.4. The van der Waals surface area contributed by atoms with Crippen LogP contribution in [-0.4, -0.2) is 41.6 Å². The number of carbonyl (C=O) groups excluding carboxylic acids is 1. The number of piperazine rings is 1. The standard InChI is InChI=1S/C25H24F3N5O/c26-25(27,28)19-6-7-21-18(12-19)13-20(24(34)31-15-17-4-3-8-29-14-17)22-16-32(10-11-33(21)22)23-5-1-2-9-30-23/h1-9,12,14,20,22H,10-11,13,15-16H2,(H,31,34)/t20-,22-/m0/s1. The number of anilines is 2. The molecule has 1 fully saturated rings. The highest BCUT2D eigenvalue weighted by Crippen LogP contribution is 2.40. The predicted octanol–water partition coefficient (Wildman–Crippen LogP) is 3.68. The fourth-order valence-electron chi connectivity index (χ4n) is 4.87. The summed E-state index contributed by atoms with van der Waals surface area (Å²) in [5.74, 6) is 0.152. The normalized spacial score (nSPS) is 19.9. The fourth-order valence-corrected chi connectivity index (χ4v) is 4.87. The molecule has 34 heavy (non-hydrogen) atoms. The maximum atomic E-state index is 13.4. The van der Waals surface area contributed by atoms with Crippen molar-refractivity contribution in [1.29, 1.82) is 0 Å². The second-order valence-corrected chi connectivity index (χ2v) is 8.63. The quantitative estimate of drug-likeness (QED) is 0.635. The number of aromatic nitrogens is 2. The number of carbonyl (C=O) groups is 1. The number of nitrogens with one attached hydrogen (secondary N) is 1. The Morgan fingerprint density at radius 3 is 2.71 bits per heavy atom. The minimum atomic E-state index is -4.43. The molecule has 0 aliphatic carbocycles. The molecule has 9 heteroatoms. The zero-order valence-electron chi connectivity index (χ0n) is 18.4. The number of fused-ring (bicyclic) bond motifs is 3. The van der Waals surface area contributed by atoms with Crippen LogP contribution in [0.4, 0.5) is 24.7 Å². The highest BCUT2D eigenvalue weighted by atomic mass is 19.4. The molecular weight excluding hydrogens is 443 g/mol. The van der Waals surface area contributed by atoms with Crippen molar-refractivity contribution in [2.24, 2.45) is 5.92 Å².